The first-order valence-corrected chi connectivity index (χ1v) is 7.21. The third-order valence-electron chi connectivity index (χ3n) is 3.38. The highest BCUT2D eigenvalue weighted by Gasteiger charge is 2.13. The fourth-order valence-corrected chi connectivity index (χ4v) is 2.41. The summed E-state index contributed by atoms with van der Waals surface area (Å²) in [5, 5.41) is 10.9. The van der Waals surface area contributed by atoms with Gasteiger partial charge < -0.3 is 9.47 Å². The molecule has 24 heavy (non-hydrogen) atoms. The minimum Gasteiger partial charge on any atom is -0.493 e. The fraction of sp³-hybridized carbons (Fsp3) is 0.118. The standard InChI is InChI=1S/C17H14ClNO5/c1-23-15-8-5-12(9-16(15)24-2)17(18)14(10-20)11-3-6-13(7-4-11)19(21)22/h3-10H,1-2H3/b17-14-. The number of nitrogens with zero attached hydrogens (tertiary/aromatic N) is 1. The number of allylic oxidation sites excluding steroid dienone is 1. The van der Waals surface area contributed by atoms with Crippen molar-refractivity contribution >= 4 is 34.2 Å². The van der Waals surface area contributed by atoms with Crippen molar-refractivity contribution in [2.45, 2.75) is 0 Å². The lowest BCUT2D eigenvalue weighted by Crippen LogP contribution is -1.94. The number of non-ortho nitro benzene ring substituents is 1. The molecule has 0 bridgehead atoms. The van der Waals surface area contributed by atoms with Gasteiger partial charge in [-0.1, -0.05) is 11.6 Å². The van der Waals surface area contributed by atoms with Crippen LogP contribution in [0.1, 0.15) is 11.1 Å². The second kappa shape index (κ2) is 7.61. The molecular formula is C17H14ClNO5. The Labute approximate surface area is 143 Å². The first-order valence-electron chi connectivity index (χ1n) is 6.84. The smallest absolute Gasteiger partial charge is 0.269 e. The lowest BCUT2D eigenvalue weighted by atomic mass is 10.0. The molecule has 6 nitrogen and oxygen atoms in total. The van der Waals surface area contributed by atoms with Crippen LogP contribution >= 0.6 is 11.6 Å². The normalized spacial score (nSPS) is 11.5. The fourth-order valence-electron chi connectivity index (χ4n) is 2.14. The van der Waals surface area contributed by atoms with E-state index >= 15 is 0 Å². The van der Waals surface area contributed by atoms with E-state index in [1.807, 2.05) is 0 Å². The van der Waals surface area contributed by atoms with Gasteiger partial charge >= 0.3 is 0 Å². The summed E-state index contributed by atoms with van der Waals surface area (Å²) in [7, 11) is 3.01. The van der Waals surface area contributed by atoms with Gasteiger partial charge in [-0.25, -0.2) is 0 Å². The number of hydrogen-bond acceptors (Lipinski definition) is 5. The minimum absolute atomic E-state index is 0.0637. The first-order chi connectivity index (χ1) is 11.5. The Kier molecular flexibility index (Phi) is 5.55. The van der Waals surface area contributed by atoms with Crippen molar-refractivity contribution in [1.82, 2.24) is 0 Å². The molecule has 0 heterocycles. The number of nitro groups is 1. The van der Waals surface area contributed by atoms with Crippen LogP contribution in [0.15, 0.2) is 42.5 Å². The molecule has 0 amide bonds. The highest BCUT2D eigenvalue weighted by atomic mass is 35.5. The van der Waals surface area contributed by atoms with Crippen molar-refractivity contribution in [3.8, 4) is 11.5 Å². The topological polar surface area (TPSA) is 78.7 Å². The quantitative estimate of drug-likeness (QED) is 0.260. The Bertz CT molecular complexity index is 799. The Morgan fingerprint density at radius 2 is 1.62 bits per heavy atom. The maximum absolute atomic E-state index is 11.5. The summed E-state index contributed by atoms with van der Waals surface area (Å²) >= 11 is 6.35. The molecule has 0 spiro atoms. The highest BCUT2D eigenvalue weighted by molar-refractivity contribution is 6.55. The van der Waals surface area contributed by atoms with Gasteiger partial charge in [0, 0.05) is 17.7 Å². The third-order valence-corrected chi connectivity index (χ3v) is 3.80. The van der Waals surface area contributed by atoms with Gasteiger partial charge in [0.15, 0.2) is 17.8 Å². The van der Waals surface area contributed by atoms with Crippen LogP contribution in [0, 0.1) is 10.1 Å². The van der Waals surface area contributed by atoms with Crippen LogP contribution in [-0.2, 0) is 4.79 Å². The van der Waals surface area contributed by atoms with E-state index in [9.17, 15) is 14.9 Å². The van der Waals surface area contributed by atoms with Crippen LogP contribution in [-0.4, -0.2) is 25.4 Å². The van der Waals surface area contributed by atoms with Crippen LogP contribution < -0.4 is 9.47 Å². The number of hydrogen-bond donors (Lipinski definition) is 0. The van der Waals surface area contributed by atoms with E-state index in [2.05, 4.69) is 0 Å². The number of carbonyl (C=O) groups is 1. The number of methoxy groups -OCH3 is 2. The monoisotopic (exact) mass is 347 g/mol. The van der Waals surface area contributed by atoms with Crippen molar-refractivity contribution in [3.05, 3.63) is 63.7 Å². The Morgan fingerprint density at radius 3 is 2.12 bits per heavy atom. The third kappa shape index (κ3) is 3.55. The van der Waals surface area contributed by atoms with Crippen molar-refractivity contribution in [2.75, 3.05) is 14.2 Å². The van der Waals surface area contributed by atoms with Crippen molar-refractivity contribution < 1.29 is 19.2 Å². The lowest BCUT2D eigenvalue weighted by Gasteiger charge is -2.10. The molecule has 7 heteroatoms. The van der Waals surface area contributed by atoms with Crippen LogP contribution in [0.2, 0.25) is 0 Å². The molecule has 0 aliphatic rings. The van der Waals surface area contributed by atoms with E-state index < -0.39 is 4.92 Å². The van der Waals surface area contributed by atoms with Crippen molar-refractivity contribution in [1.29, 1.82) is 0 Å². The Balaban J connectivity index is 2.50. The summed E-state index contributed by atoms with van der Waals surface area (Å²) in [6, 6.07) is 10.6. The lowest BCUT2D eigenvalue weighted by molar-refractivity contribution is -0.384. The summed E-state index contributed by atoms with van der Waals surface area (Å²) in [6.07, 6.45) is 0.611. The van der Waals surface area contributed by atoms with Gasteiger partial charge in [0.1, 0.15) is 0 Å². The number of carbonyl (C=O) groups excluding carboxylic acids is 1. The van der Waals surface area contributed by atoms with Crippen molar-refractivity contribution in [2.24, 2.45) is 0 Å². The maximum atomic E-state index is 11.5. The zero-order chi connectivity index (χ0) is 17.7. The minimum atomic E-state index is -0.510. The molecule has 0 fully saturated rings. The number of nitro benzene ring substituents is 1. The van der Waals surface area contributed by atoms with E-state index in [-0.39, 0.29) is 16.3 Å². The zero-order valence-corrected chi connectivity index (χ0v) is 13.7. The first kappa shape index (κ1) is 17.5. The average Bonchev–Trinajstić information content (AvgIpc) is 2.62. The van der Waals surface area contributed by atoms with E-state index in [0.29, 0.717) is 28.9 Å². The molecule has 0 aromatic heterocycles. The number of benzene rings is 2. The molecule has 2 aromatic carbocycles. The van der Waals surface area contributed by atoms with E-state index in [0.717, 1.165) is 0 Å². The molecule has 0 saturated carbocycles. The molecule has 0 N–H and O–H groups in total. The van der Waals surface area contributed by atoms with Gasteiger partial charge in [0.2, 0.25) is 0 Å². The number of rotatable bonds is 6. The van der Waals surface area contributed by atoms with Gasteiger partial charge in [0.25, 0.3) is 5.69 Å². The van der Waals surface area contributed by atoms with Gasteiger partial charge in [-0.15, -0.1) is 0 Å². The highest BCUT2D eigenvalue weighted by Crippen LogP contribution is 2.35. The molecular weight excluding hydrogens is 334 g/mol. The van der Waals surface area contributed by atoms with E-state index in [1.165, 1.54) is 38.5 Å². The average molecular weight is 348 g/mol. The Hall–Kier alpha value is -2.86. The summed E-state index contributed by atoms with van der Waals surface area (Å²) < 4.78 is 10.4. The van der Waals surface area contributed by atoms with E-state index in [4.69, 9.17) is 21.1 Å². The van der Waals surface area contributed by atoms with Crippen molar-refractivity contribution in [3.63, 3.8) is 0 Å². The maximum Gasteiger partial charge on any atom is 0.269 e. The van der Waals surface area contributed by atoms with Gasteiger partial charge in [-0.05, 0) is 41.5 Å². The zero-order valence-electron chi connectivity index (χ0n) is 13.0. The number of ether oxygens (including phenoxy) is 2. The van der Waals surface area contributed by atoms with Crippen LogP contribution in [0.3, 0.4) is 0 Å². The number of halogens is 1. The molecule has 0 unspecified atom stereocenters. The molecule has 124 valence electrons. The summed E-state index contributed by atoms with van der Waals surface area (Å²) in [5.74, 6) is 1.01. The molecule has 0 aliphatic heterocycles. The van der Waals surface area contributed by atoms with Crippen LogP contribution in [0.5, 0.6) is 11.5 Å². The van der Waals surface area contributed by atoms with Crippen LogP contribution in [0.25, 0.3) is 10.6 Å². The SMILES string of the molecule is COc1ccc(/C(Cl)=C(\C=O)c2ccc([N+](=O)[O-])cc2)cc1OC. The van der Waals surface area contributed by atoms with Crippen LogP contribution in [0.4, 0.5) is 5.69 Å². The molecule has 0 aliphatic carbocycles. The summed E-state index contributed by atoms with van der Waals surface area (Å²) in [6.45, 7) is 0. The Morgan fingerprint density at radius 1 is 1.04 bits per heavy atom. The molecule has 0 radical (unpaired) electrons. The van der Waals surface area contributed by atoms with Gasteiger partial charge in [-0.3, -0.25) is 14.9 Å². The number of aldehydes is 1. The summed E-state index contributed by atoms with van der Waals surface area (Å²) in [4.78, 5) is 21.7. The largest absolute Gasteiger partial charge is 0.493 e. The second-order valence-corrected chi connectivity index (χ2v) is 5.10. The van der Waals surface area contributed by atoms with Gasteiger partial charge in [0.05, 0.1) is 24.2 Å². The molecule has 0 saturated heterocycles. The second-order valence-electron chi connectivity index (χ2n) is 4.72. The van der Waals surface area contributed by atoms with E-state index in [1.54, 1.807) is 18.2 Å². The predicted molar refractivity (Wildman–Crippen MR) is 91.4 cm³/mol. The predicted octanol–water partition coefficient (Wildman–Crippen LogP) is 3.92. The molecule has 2 rings (SSSR count). The summed E-state index contributed by atoms with van der Waals surface area (Å²) in [5.41, 5.74) is 1.20. The molecule has 2 aromatic rings. The van der Waals surface area contributed by atoms with Gasteiger partial charge in [-0.2, -0.15) is 0 Å². The molecule has 0 atom stereocenters.